The molecule has 0 fully saturated rings. The van der Waals surface area contributed by atoms with E-state index in [0.29, 0.717) is 0 Å². The molecule has 0 saturated heterocycles. The Labute approximate surface area is 158 Å². The largest absolute Gasteiger partial charge is 2.00 e. The Morgan fingerprint density at radius 3 is 0.826 bits per heavy atom. The van der Waals surface area contributed by atoms with Crippen LogP contribution in [0.5, 0.6) is 0 Å². The number of hydrogen-bond donors (Lipinski definition) is 2. The monoisotopic (exact) mass is 354 g/mol. The first-order valence-corrected chi connectivity index (χ1v) is 7.67. The van der Waals surface area contributed by atoms with Gasteiger partial charge in [0, 0.05) is 13.2 Å². The molecule has 0 unspecified atom stereocenters. The molecule has 0 saturated carbocycles. The van der Waals surface area contributed by atoms with E-state index in [0.717, 1.165) is 0 Å². The zero-order chi connectivity index (χ0) is 17.5. The van der Waals surface area contributed by atoms with Gasteiger partial charge in [0.05, 0.1) is 0 Å². The molecule has 0 spiro atoms. The van der Waals surface area contributed by atoms with Gasteiger partial charge < -0.3 is 10.2 Å². The van der Waals surface area contributed by atoms with Crippen molar-refractivity contribution in [2.75, 3.05) is 13.2 Å². The molecule has 2 N–H and O–H groups in total. The third-order valence-electron chi connectivity index (χ3n) is 2.06. The Bertz CT molecular complexity index is 304. The average Bonchev–Trinajstić information content (AvgIpc) is 3.15. The van der Waals surface area contributed by atoms with E-state index < -0.39 is 0 Å². The van der Waals surface area contributed by atoms with Gasteiger partial charge in [-0.2, -0.15) is 36.4 Å². The molecule has 23 heavy (non-hydrogen) atoms. The Morgan fingerprint density at radius 1 is 0.609 bits per heavy atom. The first-order valence-electron chi connectivity index (χ1n) is 7.67. The average molecular weight is 354 g/mol. The molecule has 0 atom stereocenters. The first-order chi connectivity index (χ1) is 10.1. The van der Waals surface area contributed by atoms with E-state index in [-0.39, 0.29) is 45.8 Å². The molecule has 0 amide bonds. The van der Waals surface area contributed by atoms with Crippen LogP contribution in [0.25, 0.3) is 0 Å². The molecule has 0 heterocycles. The molecule has 130 valence electrons. The summed E-state index contributed by atoms with van der Waals surface area (Å²) in [5.74, 6) is 0. The Kier molecular flexibility index (Phi) is 19.2. The first kappa shape index (κ1) is 27.2. The van der Waals surface area contributed by atoms with Crippen molar-refractivity contribution in [1.29, 1.82) is 0 Å². The molecule has 0 radical (unpaired) electrons. The third kappa shape index (κ3) is 33.9. The summed E-state index contributed by atoms with van der Waals surface area (Å²) in [5.41, 5.74) is 0.194. The van der Waals surface area contributed by atoms with Gasteiger partial charge in [0.1, 0.15) is 0 Å². The van der Waals surface area contributed by atoms with Crippen molar-refractivity contribution in [3.63, 3.8) is 0 Å². The van der Waals surface area contributed by atoms with E-state index in [9.17, 15) is 0 Å². The second kappa shape index (κ2) is 16.2. The van der Waals surface area contributed by atoms with Crippen LogP contribution in [0.1, 0.15) is 41.5 Å². The van der Waals surface area contributed by atoms with E-state index in [2.05, 4.69) is 0 Å². The zero-order valence-electron chi connectivity index (χ0n) is 15.6. The quantitative estimate of drug-likeness (QED) is 0.524. The standard InChI is InChI=1S/2C5H12O.2C5H5.Ti/c2*1-5(2,3)4-6;2*1-2-4-5-3-1;/h2*6H,4H2,1-3H3;2*1-5H;/q;;2*-1;+2. The molecule has 2 nitrogen and oxygen atoms in total. The van der Waals surface area contributed by atoms with Crippen molar-refractivity contribution in [1.82, 2.24) is 0 Å². The molecule has 0 aliphatic carbocycles. The van der Waals surface area contributed by atoms with Crippen molar-refractivity contribution in [2.24, 2.45) is 10.8 Å². The predicted octanol–water partition coefficient (Wildman–Crippen LogP) is 4.86. The molecule has 0 aromatic heterocycles. The Balaban J connectivity index is -0.000000229. The van der Waals surface area contributed by atoms with Crippen LogP contribution < -0.4 is 0 Å². The Morgan fingerprint density at radius 2 is 0.783 bits per heavy atom. The van der Waals surface area contributed by atoms with Gasteiger partial charge in [-0.05, 0) is 10.8 Å². The number of rotatable bonds is 0. The van der Waals surface area contributed by atoms with Gasteiger partial charge in [0.2, 0.25) is 0 Å². The van der Waals surface area contributed by atoms with E-state index in [1.54, 1.807) is 0 Å². The minimum atomic E-state index is 0. The molecule has 0 aliphatic heterocycles. The van der Waals surface area contributed by atoms with Crippen LogP contribution in [0.4, 0.5) is 0 Å². The minimum absolute atomic E-state index is 0. The summed E-state index contributed by atoms with van der Waals surface area (Å²) in [4.78, 5) is 0. The van der Waals surface area contributed by atoms with Gasteiger partial charge in [-0.25, -0.2) is 24.3 Å². The topological polar surface area (TPSA) is 40.5 Å². The number of aliphatic hydroxyl groups excluding tert-OH is 2. The van der Waals surface area contributed by atoms with E-state index in [4.69, 9.17) is 10.2 Å². The van der Waals surface area contributed by atoms with Crippen LogP contribution in [0, 0.1) is 10.8 Å². The minimum Gasteiger partial charge on any atom is -0.396 e. The summed E-state index contributed by atoms with van der Waals surface area (Å²) < 4.78 is 0. The fourth-order valence-corrected chi connectivity index (χ4v) is 0.642. The summed E-state index contributed by atoms with van der Waals surface area (Å²) in [5, 5.41) is 16.8. The fraction of sp³-hybridized carbons (Fsp3) is 0.500. The maximum Gasteiger partial charge on any atom is 2.00 e. The van der Waals surface area contributed by atoms with Gasteiger partial charge in [0.15, 0.2) is 0 Å². The molecular weight excluding hydrogens is 320 g/mol. The third-order valence-corrected chi connectivity index (χ3v) is 2.06. The van der Waals surface area contributed by atoms with Crippen molar-refractivity contribution >= 4 is 0 Å². The number of hydrogen-bond acceptors (Lipinski definition) is 2. The second-order valence-corrected chi connectivity index (χ2v) is 7.36. The van der Waals surface area contributed by atoms with Crippen LogP contribution in [0.2, 0.25) is 0 Å². The van der Waals surface area contributed by atoms with Gasteiger partial charge in [-0.3, -0.25) is 0 Å². The van der Waals surface area contributed by atoms with Crippen LogP contribution in [0.15, 0.2) is 60.7 Å². The molecule has 0 bridgehead atoms. The zero-order valence-corrected chi connectivity index (χ0v) is 17.1. The maximum absolute atomic E-state index is 8.40. The fourth-order valence-electron chi connectivity index (χ4n) is 0.642. The normalized spacial score (nSPS) is 9.74. The van der Waals surface area contributed by atoms with Crippen molar-refractivity contribution in [2.45, 2.75) is 41.5 Å². The van der Waals surface area contributed by atoms with Crippen LogP contribution in [-0.2, 0) is 21.7 Å². The second-order valence-electron chi connectivity index (χ2n) is 7.36. The van der Waals surface area contributed by atoms with Gasteiger partial charge >= 0.3 is 21.7 Å². The van der Waals surface area contributed by atoms with E-state index in [1.165, 1.54) is 0 Å². The summed E-state index contributed by atoms with van der Waals surface area (Å²) in [7, 11) is 0. The van der Waals surface area contributed by atoms with E-state index >= 15 is 0 Å². The molecule has 2 rings (SSSR count). The van der Waals surface area contributed by atoms with Gasteiger partial charge in [-0.1, -0.05) is 41.5 Å². The SMILES string of the molecule is CC(C)(C)CO.CC(C)(C)CO.[Ti+2].c1cc[cH-]c1.c1cc[cH-]c1. The summed E-state index contributed by atoms with van der Waals surface area (Å²) in [6.45, 7) is 12.5. The molecular formula is C20H34O2Ti. The van der Waals surface area contributed by atoms with Gasteiger partial charge in [-0.15, -0.1) is 0 Å². The van der Waals surface area contributed by atoms with E-state index in [1.807, 2.05) is 102 Å². The van der Waals surface area contributed by atoms with Crippen molar-refractivity contribution < 1.29 is 31.9 Å². The maximum atomic E-state index is 8.40. The van der Waals surface area contributed by atoms with Crippen molar-refractivity contribution in [3.8, 4) is 0 Å². The van der Waals surface area contributed by atoms with Gasteiger partial charge in [0.25, 0.3) is 0 Å². The predicted molar refractivity (Wildman–Crippen MR) is 97.2 cm³/mol. The number of aliphatic hydroxyl groups is 2. The van der Waals surface area contributed by atoms with Crippen LogP contribution >= 0.6 is 0 Å². The molecule has 0 aliphatic rings. The Hall–Kier alpha value is -0.666. The summed E-state index contributed by atoms with van der Waals surface area (Å²) in [6.07, 6.45) is 0. The smallest absolute Gasteiger partial charge is 0.396 e. The summed E-state index contributed by atoms with van der Waals surface area (Å²) >= 11 is 0. The van der Waals surface area contributed by atoms with Crippen LogP contribution in [-0.4, -0.2) is 23.4 Å². The summed E-state index contributed by atoms with van der Waals surface area (Å²) in [6, 6.07) is 20.0. The molecule has 2 aromatic rings. The molecule has 3 heteroatoms. The van der Waals surface area contributed by atoms with Crippen LogP contribution in [0.3, 0.4) is 0 Å². The van der Waals surface area contributed by atoms with Crippen molar-refractivity contribution in [3.05, 3.63) is 60.7 Å². The molecule has 2 aromatic carbocycles.